The summed E-state index contributed by atoms with van der Waals surface area (Å²) in [6, 6.07) is 9.12. The van der Waals surface area contributed by atoms with E-state index in [0.29, 0.717) is 73.2 Å². The Kier molecular flexibility index (Phi) is 7.11. The van der Waals surface area contributed by atoms with Gasteiger partial charge in [-0.25, -0.2) is 18.7 Å². The Morgan fingerprint density at radius 3 is 2.51 bits per heavy atom. The fourth-order valence-corrected chi connectivity index (χ4v) is 8.43. The minimum atomic E-state index is -0.694. The number of aromatic amines is 3. The van der Waals surface area contributed by atoms with E-state index in [4.69, 9.17) is 14.4 Å². The Bertz CT molecular complexity index is 2450. The van der Waals surface area contributed by atoms with E-state index in [9.17, 15) is 14.0 Å². The van der Waals surface area contributed by atoms with Crippen LogP contribution < -0.4 is 11.4 Å². The highest BCUT2D eigenvalue weighted by molar-refractivity contribution is 6.03. The first-order chi connectivity index (χ1) is 24.7. The van der Waals surface area contributed by atoms with Crippen LogP contribution in [0, 0.1) is 19.7 Å². The fraction of sp³-hybridized carbons (Fsp3) is 0.378. The Balaban J connectivity index is 1.20. The quantitative estimate of drug-likeness (QED) is 0.222. The molecule has 2 aliphatic heterocycles. The number of aromatic nitrogens is 7. The van der Waals surface area contributed by atoms with Gasteiger partial charge in [-0.2, -0.15) is 5.10 Å². The second kappa shape index (κ2) is 11.5. The van der Waals surface area contributed by atoms with E-state index in [2.05, 4.69) is 26.2 Å². The molecule has 6 heterocycles. The molecule has 0 radical (unpaired) electrons. The van der Waals surface area contributed by atoms with Gasteiger partial charge >= 0.3 is 11.4 Å². The summed E-state index contributed by atoms with van der Waals surface area (Å²) in [6.07, 6.45) is 6.76. The number of benzene rings is 2. The van der Waals surface area contributed by atoms with Crippen molar-refractivity contribution in [2.75, 3.05) is 19.8 Å². The maximum Gasteiger partial charge on any atom is 0.438 e. The average Bonchev–Trinajstić information content (AvgIpc) is 3.47. The second-order valence-electron chi connectivity index (χ2n) is 14.1. The van der Waals surface area contributed by atoms with E-state index < -0.39 is 17.2 Å². The van der Waals surface area contributed by atoms with Crippen molar-refractivity contribution in [3.05, 3.63) is 115 Å². The number of amides is 1. The molecule has 9 rings (SSSR count). The van der Waals surface area contributed by atoms with Gasteiger partial charge in [0.15, 0.2) is 5.82 Å². The molecule has 51 heavy (non-hydrogen) atoms. The van der Waals surface area contributed by atoms with Gasteiger partial charge in [0, 0.05) is 60.6 Å². The minimum absolute atomic E-state index is 0.206. The molecule has 1 atom stereocenters. The molecular formula is C37H37FN8O5. The van der Waals surface area contributed by atoms with Crippen LogP contribution in [0.25, 0.3) is 22.4 Å². The van der Waals surface area contributed by atoms with E-state index in [1.165, 1.54) is 4.57 Å². The van der Waals surface area contributed by atoms with Gasteiger partial charge in [0.25, 0.3) is 5.91 Å². The molecule has 0 bridgehead atoms. The summed E-state index contributed by atoms with van der Waals surface area (Å²) in [5, 5.41) is 10.00. The van der Waals surface area contributed by atoms with Crippen molar-refractivity contribution in [2.45, 2.75) is 70.3 Å². The largest absolute Gasteiger partial charge is 0.438 e. The Hall–Kier alpha value is -5.50. The number of hydrogen-bond donors (Lipinski definition) is 3. The predicted molar refractivity (Wildman–Crippen MR) is 184 cm³/mol. The zero-order valence-electron chi connectivity index (χ0n) is 28.5. The predicted octanol–water partition coefficient (Wildman–Crippen LogP) is 5.00. The molecule has 0 unspecified atom stereocenters. The molecule has 1 saturated carbocycles. The van der Waals surface area contributed by atoms with E-state index in [0.717, 1.165) is 46.1 Å². The summed E-state index contributed by atoms with van der Waals surface area (Å²) in [4.78, 5) is 51.3. The van der Waals surface area contributed by atoms with Crippen molar-refractivity contribution in [1.82, 2.24) is 39.4 Å². The van der Waals surface area contributed by atoms with Crippen LogP contribution in [0.4, 0.5) is 4.39 Å². The number of nitrogens with zero attached hydrogens (tertiary/aromatic N) is 5. The summed E-state index contributed by atoms with van der Waals surface area (Å²) >= 11 is 0. The number of carbonyl (C=O) groups is 1. The van der Waals surface area contributed by atoms with Crippen molar-refractivity contribution in [3.63, 3.8) is 0 Å². The lowest BCUT2D eigenvalue weighted by molar-refractivity contribution is 0.0670. The number of rotatable bonds is 6. The Labute approximate surface area is 290 Å². The van der Waals surface area contributed by atoms with Crippen LogP contribution in [0.15, 0.2) is 56.8 Å². The summed E-state index contributed by atoms with van der Waals surface area (Å²) in [5.74, 6) is 0.0288. The smallest absolute Gasteiger partial charge is 0.381 e. The molecule has 1 saturated heterocycles. The van der Waals surface area contributed by atoms with Gasteiger partial charge in [-0.15, -0.1) is 0 Å². The van der Waals surface area contributed by atoms with Crippen LogP contribution in [-0.4, -0.2) is 65.0 Å². The topological polar surface area (TPSA) is 160 Å². The molecule has 1 aliphatic carbocycles. The Morgan fingerprint density at radius 2 is 1.84 bits per heavy atom. The number of fused-ring (bicyclic) bond motifs is 2. The van der Waals surface area contributed by atoms with Gasteiger partial charge < -0.3 is 19.6 Å². The molecule has 3 N–H and O–H groups in total. The van der Waals surface area contributed by atoms with Gasteiger partial charge in [0.2, 0.25) is 0 Å². The number of para-hydroxylation sites is 1. The van der Waals surface area contributed by atoms with Crippen LogP contribution in [0.1, 0.15) is 94.4 Å². The third-order valence-electron chi connectivity index (χ3n) is 11.1. The maximum atomic E-state index is 15.1. The number of halogens is 1. The lowest BCUT2D eigenvalue weighted by Gasteiger charge is -2.34. The molecule has 3 aliphatic rings. The molecule has 2 fully saturated rings. The third-order valence-corrected chi connectivity index (χ3v) is 11.1. The normalized spacial score (nSPS) is 18.7. The molecule has 14 heteroatoms. The van der Waals surface area contributed by atoms with E-state index in [-0.39, 0.29) is 23.3 Å². The first-order valence-corrected chi connectivity index (χ1v) is 17.4. The monoisotopic (exact) mass is 692 g/mol. The highest BCUT2D eigenvalue weighted by Gasteiger charge is 2.53. The number of carbonyl (C=O) groups excluding carboxylic acids is 1. The maximum absolute atomic E-state index is 15.1. The van der Waals surface area contributed by atoms with Crippen molar-refractivity contribution in [3.8, 4) is 11.5 Å². The molecule has 1 amide bonds. The lowest BCUT2D eigenvalue weighted by atomic mass is 9.87. The SMILES string of the molecule is Cc1cc(-n2nc3c(c2-n2cc[nH]c2=O)[C@H](C)N(C(=O)c2[nH]c4c(C5CCOCC5)cccc4c2C2(c4noc(=O)[nH]4)CC2)CC3)cc(C)c1F. The van der Waals surface area contributed by atoms with Crippen LogP contribution in [0.5, 0.6) is 0 Å². The van der Waals surface area contributed by atoms with Gasteiger partial charge in [0.1, 0.15) is 17.3 Å². The molecule has 2 aromatic carbocycles. The number of ether oxygens (including phenoxy) is 1. The van der Waals surface area contributed by atoms with Crippen molar-refractivity contribution < 1.29 is 18.4 Å². The molecule has 6 aromatic rings. The highest BCUT2D eigenvalue weighted by Crippen LogP contribution is 2.56. The average molecular weight is 693 g/mol. The third kappa shape index (κ3) is 4.79. The van der Waals surface area contributed by atoms with Gasteiger partial charge in [-0.05, 0) is 81.2 Å². The van der Waals surface area contributed by atoms with Crippen LogP contribution >= 0.6 is 0 Å². The standard InChI is InChI=1S/C37H37FN8O5/c1-19-17-23(18-20(2)29(19)38)46-32(45-14-12-39-35(45)48)27-21(3)44(13-7-26(27)42-46)33(47)31-28(37(10-11-37)34-41-36(49)51-43-34)25-6-4-5-24(30(25)40-31)22-8-15-50-16-9-22/h4-6,12,14,17-18,21-22,40H,7-11,13,15-16H2,1-3H3,(H,39,48)(H,41,43,49)/t21-/m0/s1. The number of hydrogen-bond acceptors (Lipinski definition) is 7. The zero-order valence-corrected chi connectivity index (χ0v) is 28.5. The number of imidazole rings is 1. The molecule has 262 valence electrons. The molecule has 4 aromatic heterocycles. The number of nitrogens with one attached hydrogen (secondary N) is 3. The first-order valence-electron chi connectivity index (χ1n) is 17.4. The lowest BCUT2D eigenvalue weighted by Crippen LogP contribution is -2.40. The highest BCUT2D eigenvalue weighted by atomic mass is 19.1. The first kappa shape index (κ1) is 31.5. The summed E-state index contributed by atoms with van der Waals surface area (Å²) in [5.41, 5.74) is 5.26. The number of aryl methyl sites for hydroxylation is 2. The summed E-state index contributed by atoms with van der Waals surface area (Å²) < 4.78 is 28.5. The second-order valence-corrected chi connectivity index (χ2v) is 14.1. The van der Waals surface area contributed by atoms with Crippen molar-refractivity contribution in [1.29, 1.82) is 0 Å². The van der Waals surface area contributed by atoms with Crippen LogP contribution in [-0.2, 0) is 16.6 Å². The van der Waals surface area contributed by atoms with Crippen molar-refractivity contribution >= 4 is 16.8 Å². The molecule has 13 nitrogen and oxygen atoms in total. The fourth-order valence-electron chi connectivity index (χ4n) is 8.43. The Morgan fingerprint density at radius 1 is 1.08 bits per heavy atom. The van der Waals surface area contributed by atoms with E-state index in [1.807, 2.05) is 24.0 Å². The van der Waals surface area contributed by atoms with E-state index in [1.54, 1.807) is 43.1 Å². The van der Waals surface area contributed by atoms with Crippen LogP contribution in [0.2, 0.25) is 0 Å². The zero-order chi connectivity index (χ0) is 35.2. The van der Waals surface area contributed by atoms with Gasteiger partial charge in [0.05, 0.1) is 22.8 Å². The van der Waals surface area contributed by atoms with Gasteiger partial charge in [-0.3, -0.25) is 18.9 Å². The number of H-pyrrole nitrogens is 3. The molecule has 0 spiro atoms. The van der Waals surface area contributed by atoms with E-state index >= 15 is 4.79 Å². The van der Waals surface area contributed by atoms with Gasteiger partial charge in [-0.1, -0.05) is 23.4 Å². The molecular weight excluding hydrogens is 655 g/mol. The van der Waals surface area contributed by atoms with Crippen LogP contribution in [0.3, 0.4) is 0 Å². The summed E-state index contributed by atoms with van der Waals surface area (Å²) in [7, 11) is 0. The minimum Gasteiger partial charge on any atom is -0.381 e. The summed E-state index contributed by atoms with van der Waals surface area (Å²) in [6.45, 7) is 7.08. The van der Waals surface area contributed by atoms with Crippen molar-refractivity contribution in [2.24, 2.45) is 0 Å².